The van der Waals surface area contributed by atoms with Crippen molar-refractivity contribution in [2.24, 2.45) is 0 Å². The molecule has 0 amide bonds. The normalized spacial score (nSPS) is 18.5. The lowest BCUT2D eigenvalue weighted by Gasteiger charge is -2.18. The summed E-state index contributed by atoms with van der Waals surface area (Å²) in [4.78, 5) is 2.22. The second kappa shape index (κ2) is 4.93. The number of anilines is 1. The minimum Gasteiger partial charge on any atom is -0.463 e. The zero-order valence-electron chi connectivity index (χ0n) is 11.7. The van der Waals surface area contributed by atoms with Crippen LogP contribution < -0.4 is 4.90 Å². The van der Waals surface area contributed by atoms with Gasteiger partial charge in [0, 0.05) is 35.1 Å². The molecular formula is C18H17NO2. The maximum atomic E-state index is 9.70. The third kappa shape index (κ3) is 2.20. The number of aliphatic hydroxyl groups excluding tert-OH is 1. The third-order valence-corrected chi connectivity index (χ3v) is 4.15. The van der Waals surface area contributed by atoms with E-state index in [0.29, 0.717) is 6.54 Å². The van der Waals surface area contributed by atoms with Crippen LogP contribution in [0.1, 0.15) is 6.42 Å². The molecule has 1 unspecified atom stereocenters. The Bertz CT molecular complexity index is 777. The number of rotatable bonds is 2. The zero-order valence-corrected chi connectivity index (χ0v) is 11.7. The van der Waals surface area contributed by atoms with Crippen molar-refractivity contribution in [3.05, 3.63) is 54.8 Å². The topological polar surface area (TPSA) is 36.6 Å². The fourth-order valence-electron chi connectivity index (χ4n) is 3.04. The maximum absolute atomic E-state index is 9.70. The molecule has 1 atom stereocenters. The van der Waals surface area contributed by atoms with Crippen molar-refractivity contribution in [3.8, 4) is 11.3 Å². The summed E-state index contributed by atoms with van der Waals surface area (Å²) in [5.41, 5.74) is 2.22. The van der Waals surface area contributed by atoms with Crippen LogP contribution in [0.3, 0.4) is 0 Å². The van der Waals surface area contributed by atoms with E-state index < -0.39 is 0 Å². The molecule has 1 saturated heterocycles. The quantitative estimate of drug-likeness (QED) is 0.777. The Kier molecular flexibility index (Phi) is 2.93. The molecule has 0 aliphatic carbocycles. The van der Waals surface area contributed by atoms with E-state index in [0.717, 1.165) is 40.7 Å². The molecule has 0 spiro atoms. The van der Waals surface area contributed by atoms with E-state index in [1.807, 2.05) is 18.2 Å². The Labute approximate surface area is 123 Å². The van der Waals surface area contributed by atoms with E-state index in [1.165, 1.54) is 0 Å². The predicted octanol–water partition coefficient (Wildman–Crippen LogP) is 3.67. The van der Waals surface area contributed by atoms with Gasteiger partial charge in [0.2, 0.25) is 0 Å². The first-order chi connectivity index (χ1) is 10.3. The van der Waals surface area contributed by atoms with Gasteiger partial charge in [0.15, 0.2) is 0 Å². The molecule has 0 bridgehead atoms. The molecule has 0 radical (unpaired) electrons. The fourth-order valence-corrected chi connectivity index (χ4v) is 3.04. The molecule has 0 saturated carbocycles. The lowest BCUT2D eigenvalue weighted by Crippen LogP contribution is -2.20. The Morgan fingerprint density at radius 1 is 1.10 bits per heavy atom. The summed E-state index contributed by atoms with van der Waals surface area (Å²) < 4.78 is 5.77. The second-order valence-electron chi connectivity index (χ2n) is 5.59. The molecule has 1 aliphatic rings. The number of hydrogen-bond acceptors (Lipinski definition) is 3. The molecule has 106 valence electrons. The van der Waals surface area contributed by atoms with Crippen molar-refractivity contribution in [3.63, 3.8) is 0 Å². The van der Waals surface area contributed by atoms with Crippen molar-refractivity contribution < 1.29 is 9.52 Å². The van der Waals surface area contributed by atoms with E-state index in [9.17, 15) is 5.11 Å². The molecule has 4 rings (SSSR count). The molecule has 3 heteroatoms. The third-order valence-electron chi connectivity index (χ3n) is 4.15. The molecule has 2 aromatic carbocycles. The summed E-state index contributed by atoms with van der Waals surface area (Å²) >= 11 is 0. The van der Waals surface area contributed by atoms with Crippen molar-refractivity contribution >= 4 is 16.5 Å². The van der Waals surface area contributed by atoms with E-state index in [2.05, 4.69) is 35.2 Å². The van der Waals surface area contributed by atoms with Crippen LogP contribution in [0, 0.1) is 0 Å². The number of fused-ring (bicyclic) bond motifs is 1. The largest absolute Gasteiger partial charge is 0.463 e. The van der Waals surface area contributed by atoms with Crippen LogP contribution in [-0.2, 0) is 0 Å². The predicted molar refractivity (Wildman–Crippen MR) is 84.5 cm³/mol. The van der Waals surface area contributed by atoms with Crippen LogP contribution in [-0.4, -0.2) is 24.3 Å². The second-order valence-corrected chi connectivity index (χ2v) is 5.59. The highest BCUT2D eigenvalue weighted by atomic mass is 16.3. The van der Waals surface area contributed by atoms with Gasteiger partial charge in [-0.3, -0.25) is 0 Å². The Morgan fingerprint density at radius 3 is 2.86 bits per heavy atom. The Hall–Kier alpha value is -2.26. The van der Waals surface area contributed by atoms with Crippen LogP contribution in [0.25, 0.3) is 22.1 Å². The van der Waals surface area contributed by atoms with E-state index in [1.54, 1.807) is 6.26 Å². The zero-order chi connectivity index (χ0) is 14.2. The number of furan rings is 1. The van der Waals surface area contributed by atoms with Crippen LogP contribution in [0.2, 0.25) is 0 Å². The molecule has 1 aliphatic heterocycles. The van der Waals surface area contributed by atoms with Gasteiger partial charge in [-0.15, -0.1) is 0 Å². The SMILES string of the molecule is OC1CCN(c2cccc(-c3occ4ccccc34)c2)C1. The molecule has 1 fully saturated rings. The first-order valence-corrected chi connectivity index (χ1v) is 7.31. The summed E-state index contributed by atoms with van der Waals surface area (Å²) in [6.45, 7) is 1.62. The molecule has 1 aromatic heterocycles. The van der Waals surface area contributed by atoms with Gasteiger partial charge in [-0.2, -0.15) is 0 Å². The lowest BCUT2D eigenvalue weighted by atomic mass is 10.1. The van der Waals surface area contributed by atoms with Gasteiger partial charge in [0.25, 0.3) is 0 Å². The average Bonchev–Trinajstić information content (AvgIpc) is 3.13. The summed E-state index contributed by atoms with van der Waals surface area (Å²) in [6, 6.07) is 16.5. The minimum absolute atomic E-state index is 0.210. The fraction of sp³-hybridized carbons (Fsp3) is 0.222. The van der Waals surface area contributed by atoms with Gasteiger partial charge in [-0.05, 0) is 18.6 Å². The van der Waals surface area contributed by atoms with Gasteiger partial charge < -0.3 is 14.4 Å². The minimum atomic E-state index is -0.210. The van der Waals surface area contributed by atoms with Crippen molar-refractivity contribution in [2.45, 2.75) is 12.5 Å². The van der Waals surface area contributed by atoms with Crippen molar-refractivity contribution in [1.29, 1.82) is 0 Å². The lowest BCUT2D eigenvalue weighted by molar-refractivity contribution is 0.198. The van der Waals surface area contributed by atoms with Gasteiger partial charge in [0.05, 0.1) is 12.4 Å². The van der Waals surface area contributed by atoms with Crippen LogP contribution in [0.15, 0.2) is 59.2 Å². The summed E-state index contributed by atoms with van der Waals surface area (Å²) in [5.74, 6) is 0.909. The number of aliphatic hydroxyl groups is 1. The number of β-amino-alcohol motifs (C(OH)–C–C–N with tert-alkyl or cyclic N) is 1. The van der Waals surface area contributed by atoms with E-state index >= 15 is 0 Å². The van der Waals surface area contributed by atoms with Crippen LogP contribution in [0.5, 0.6) is 0 Å². The van der Waals surface area contributed by atoms with E-state index in [-0.39, 0.29) is 6.10 Å². The van der Waals surface area contributed by atoms with E-state index in [4.69, 9.17) is 4.42 Å². The van der Waals surface area contributed by atoms with Gasteiger partial charge >= 0.3 is 0 Å². The molecule has 3 nitrogen and oxygen atoms in total. The average molecular weight is 279 g/mol. The first-order valence-electron chi connectivity index (χ1n) is 7.31. The molecular weight excluding hydrogens is 262 g/mol. The summed E-state index contributed by atoms with van der Waals surface area (Å²) in [6.07, 6.45) is 2.43. The van der Waals surface area contributed by atoms with Crippen LogP contribution in [0.4, 0.5) is 5.69 Å². The summed E-state index contributed by atoms with van der Waals surface area (Å²) in [7, 11) is 0. The maximum Gasteiger partial charge on any atom is 0.141 e. The van der Waals surface area contributed by atoms with Crippen LogP contribution >= 0.6 is 0 Å². The standard InChI is InChI=1S/C18H17NO2/c20-16-8-9-19(11-16)15-6-3-5-13(10-15)18-17-7-2-1-4-14(17)12-21-18/h1-7,10,12,16,20H,8-9,11H2. The molecule has 2 heterocycles. The van der Waals surface area contributed by atoms with Crippen molar-refractivity contribution in [2.75, 3.05) is 18.0 Å². The Morgan fingerprint density at radius 2 is 2.00 bits per heavy atom. The molecule has 3 aromatic rings. The molecule has 1 N–H and O–H groups in total. The monoisotopic (exact) mass is 279 g/mol. The number of benzene rings is 2. The number of nitrogens with zero attached hydrogens (tertiary/aromatic N) is 1. The highest BCUT2D eigenvalue weighted by Gasteiger charge is 2.21. The first kappa shape index (κ1) is 12.5. The highest BCUT2D eigenvalue weighted by Crippen LogP contribution is 2.33. The highest BCUT2D eigenvalue weighted by molar-refractivity contribution is 5.94. The molecule has 21 heavy (non-hydrogen) atoms. The van der Waals surface area contributed by atoms with Crippen molar-refractivity contribution in [1.82, 2.24) is 0 Å². The van der Waals surface area contributed by atoms with Gasteiger partial charge in [-0.1, -0.05) is 36.4 Å². The Balaban J connectivity index is 1.75. The van der Waals surface area contributed by atoms with Gasteiger partial charge in [-0.25, -0.2) is 0 Å². The van der Waals surface area contributed by atoms with Gasteiger partial charge in [0.1, 0.15) is 5.76 Å². The number of hydrogen-bond donors (Lipinski definition) is 1. The smallest absolute Gasteiger partial charge is 0.141 e. The summed E-state index contributed by atoms with van der Waals surface area (Å²) in [5, 5.41) is 12.0.